The number of hydrogen-bond donors (Lipinski definition) is 3. The van der Waals surface area contributed by atoms with Gasteiger partial charge in [0, 0.05) is 5.56 Å². The van der Waals surface area contributed by atoms with Crippen LogP contribution >= 0.6 is 0 Å². The molecule has 1 aromatic heterocycles. The second-order valence-corrected chi connectivity index (χ2v) is 4.81. The van der Waals surface area contributed by atoms with Crippen LogP contribution in [-0.4, -0.2) is 15.3 Å². The Kier molecular flexibility index (Phi) is 2.83. The Labute approximate surface area is 119 Å². The third-order valence-electron chi connectivity index (χ3n) is 3.26. The van der Waals surface area contributed by atoms with Gasteiger partial charge in [0.05, 0.1) is 5.39 Å². The Hall–Kier alpha value is -2.95. The van der Waals surface area contributed by atoms with Crippen molar-refractivity contribution in [3.8, 4) is 28.6 Å². The Morgan fingerprint density at radius 3 is 2.43 bits per heavy atom. The van der Waals surface area contributed by atoms with Gasteiger partial charge in [0.15, 0.2) is 17.3 Å². The third-order valence-corrected chi connectivity index (χ3v) is 3.26. The van der Waals surface area contributed by atoms with Gasteiger partial charge in [-0.1, -0.05) is 6.07 Å². The zero-order valence-electron chi connectivity index (χ0n) is 11.1. The summed E-state index contributed by atoms with van der Waals surface area (Å²) in [6, 6.07) is 8.95. The van der Waals surface area contributed by atoms with Crippen molar-refractivity contribution in [2.24, 2.45) is 0 Å². The molecule has 0 bridgehead atoms. The molecule has 0 amide bonds. The molecular weight excluding hydrogens is 272 g/mol. The second-order valence-electron chi connectivity index (χ2n) is 4.81. The van der Waals surface area contributed by atoms with Gasteiger partial charge in [-0.15, -0.1) is 0 Å². The van der Waals surface area contributed by atoms with Gasteiger partial charge < -0.3 is 19.7 Å². The summed E-state index contributed by atoms with van der Waals surface area (Å²) in [4.78, 5) is 12.2. The van der Waals surface area contributed by atoms with E-state index in [2.05, 4.69) is 0 Å². The molecule has 0 fully saturated rings. The summed E-state index contributed by atoms with van der Waals surface area (Å²) in [5.74, 6) is -1.24. The van der Waals surface area contributed by atoms with E-state index in [1.165, 1.54) is 18.2 Å². The number of hydrogen-bond acceptors (Lipinski definition) is 5. The van der Waals surface area contributed by atoms with Crippen LogP contribution in [0.5, 0.6) is 17.2 Å². The largest absolute Gasteiger partial charge is 0.504 e. The molecule has 0 aliphatic heterocycles. The van der Waals surface area contributed by atoms with Crippen LogP contribution in [0.3, 0.4) is 0 Å². The minimum absolute atomic E-state index is 0.0478. The highest BCUT2D eigenvalue weighted by molar-refractivity contribution is 5.82. The highest BCUT2D eigenvalue weighted by Crippen LogP contribution is 2.35. The molecule has 0 saturated heterocycles. The van der Waals surface area contributed by atoms with Crippen molar-refractivity contribution in [2.45, 2.75) is 6.92 Å². The van der Waals surface area contributed by atoms with Gasteiger partial charge in [-0.25, -0.2) is 0 Å². The molecule has 5 nitrogen and oxygen atoms in total. The molecule has 106 valence electrons. The molecule has 2 aromatic carbocycles. The molecule has 0 radical (unpaired) electrons. The van der Waals surface area contributed by atoms with E-state index in [-0.39, 0.29) is 22.6 Å². The smallest absolute Gasteiger partial charge is 0.235 e. The van der Waals surface area contributed by atoms with E-state index in [0.717, 1.165) is 5.56 Å². The lowest BCUT2D eigenvalue weighted by Crippen LogP contribution is -2.02. The van der Waals surface area contributed by atoms with Crippen molar-refractivity contribution in [3.63, 3.8) is 0 Å². The van der Waals surface area contributed by atoms with Crippen LogP contribution in [0.15, 0.2) is 45.6 Å². The summed E-state index contributed by atoms with van der Waals surface area (Å²) in [7, 11) is 0. The summed E-state index contributed by atoms with van der Waals surface area (Å²) >= 11 is 0. The van der Waals surface area contributed by atoms with E-state index < -0.39 is 11.2 Å². The van der Waals surface area contributed by atoms with E-state index in [9.17, 15) is 20.1 Å². The van der Waals surface area contributed by atoms with Crippen molar-refractivity contribution in [3.05, 3.63) is 52.2 Å². The van der Waals surface area contributed by atoms with Crippen molar-refractivity contribution in [1.82, 2.24) is 0 Å². The Balaban J connectivity index is 2.34. The molecule has 0 atom stereocenters. The average molecular weight is 284 g/mol. The molecule has 3 aromatic rings. The lowest BCUT2D eigenvalue weighted by Gasteiger charge is -2.07. The number of benzene rings is 2. The minimum atomic E-state index is -0.543. The standard InChI is InChI=1S/C16H12O5/c1-8-2-4-10-13(6-8)21-16(15(20)14(10)19)9-3-5-11(17)12(18)7-9/h2-7,17-18,20H,1H3. The number of fused-ring (bicyclic) bond motifs is 1. The first-order valence-corrected chi connectivity index (χ1v) is 6.26. The van der Waals surface area contributed by atoms with Crippen LogP contribution in [0, 0.1) is 6.92 Å². The van der Waals surface area contributed by atoms with Crippen LogP contribution < -0.4 is 5.43 Å². The number of phenolic OH excluding ortho intramolecular Hbond substituents is 2. The first-order valence-electron chi connectivity index (χ1n) is 6.26. The monoisotopic (exact) mass is 284 g/mol. The maximum absolute atomic E-state index is 12.2. The fraction of sp³-hybridized carbons (Fsp3) is 0.0625. The maximum Gasteiger partial charge on any atom is 0.235 e. The first kappa shape index (κ1) is 13.1. The van der Waals surface area contributed by atoms with Crippen molar-refractivity contribution >= 4 is 11.0 Å². The van der Waals surface area contributed by atoms with Crippen molar-refractivity contribution in [2.75, 3.05) is 0 Å². The fourth-order valence-electron chi connectivity index (χ4n) is 2.15. The van der Waals surface area contributed by atoms with Gasteiger partial charge in [-0.05, 0) is 42.8 Å². The van der Waals surface area contributed by atoms with Crippen molar-refractivity contribution in [1.29, 1.82) is 0 Å². The van der Waals surface area contributed by atoms with Crippen LogP contribution in [0.25, 0.3) is 22.3 Å². The molecule has 0 aliphatic rings. The van der Waals surface area contributed by atoms with Gasteiger partial charge in [-0.2, -0.15) is 0 Å². The van der Waals surface area contributed by atoms with Crippen LogP contribution in [0.4, 0.5) is 0 Å². The Bertz CT molecular complexity index is 908. The molecule has 21 heavy (non-hydrogen) atoms. The molecule has 0 spiro atoms. The lowest BCUT2D eigenvalue weighted by molar-refractivity contribution is 0.403. The molecule has 0 aliphatic carbocycles. The summed E-state index contributed by atoms with van der Waals surface area (Å²) in [5, 5.41) is 29.2. The van der Waals surface area contributed by atoms with Crippen LogP contribution in [0.1, 0.15) is 5.56 Å². The molecule has 3 rings (SSSR count). The van der Waals surface area contributed by atoms with Crippen LogP contribution in [0.2, 0.25) is 0 Å². The lowest BCUT2D eigenvalue weighted by atomic mass is 10.1. The van der Waals surface area contributed by atoms with Gasteiger partial charge in [0.25, 0.3) is 0 Å². The zero-order valence-corrected chi connectivity index (χ0v) is 11.1. The van der Waals surface area contributed by atoms with E-state index in [1.54, 1.807) is 18.2 Å². The molecule has 0 saturated carbocycles. The molecule has 0 unspecified atom stereocenters. The second kappa shape index (κ2) is 4.56. The van der Waals surface area contributed by atoms with Crippen LogP contribution in [-0.2, 0) is 0 Å². The average Bonchev–Trinajstić information content (AvgIpc) is 2.45. The molecular formula is C16H12O5. The third kappa shape index (κ3) is 2.08. The van der Waals surface area contributed by atoms with Gasteiger partial charge in [-0.3, -0.25) is 4.79 Å². The highest BCUT2D eigenvalue weighted by Gasteiger charge is 2.16. The Morgan fingerprint density at radius 1 is 0.952 bits per heavy atom. The number of rotatable bonds is 1. The Morgan fingerprint density at radius 2 is 1.71 bits per heavy atom. The minimum Gasteiger partial charge on any atom is -0.504 e. The number of aryl methyl sites for hydroxylation is 1. The van der Waals surface area contributed by atoms with Gasteiger partial charge >= 0.3 is 0 Å². The predicted octanol–water partition coefficient (Wildman–Crippen LogP) is 2.89. The summed E-state index contributed by atoms with van der Waals surface area (Å²) < 4.78 is 5.59. The topological polar surface area (TPSA) is 90.9 Å². The molecule has 1 heterocycles. The number of aromatic hydroxyl groups is 3. The van der Waals surface area contributed by atoms with Crippen molar-refractivity contribution < 1.29 is 19.7 Å². The number of phenols is 2. The molecule has 3 N–H and O–H groups in total. The SMILES string of the molecule is Cc1ccc2c(=O)c(O)c(-c3ccc(O)c(O)c3)oc2c1. The van der Waals surface area contributed by atoms with E-state index >= 15 is 0 Å². The normalized spacial score (nSPS) is 10.9. The van der Waals surface area contributed by atoms with E-state index in [4.69, 9.17) is 4.42 Å². The summed E-state index contributed by atoms with van der Waals surface area (Å²) in [5.41, 5.74) is 1.01. The van der Waals surface area contributed by atoms with Gasteiger partial charge in [0.2, 0.25) is 11.2 Å². The summed E-state index contributed by atoms with van der Waals surface area (Å²) in [6.45, 7) is 1.86. The molecule has 5 heteroatoms. The maximum atomic E-state index is 12.2. The highest BCUT2D eigenvalue weighted by atomic mass is 16.4. The first-order chi connectivity index (χ1) is 9.97. The van der Waals surface area contributed by atoms with Gasteiger partial charge in [0.1, 0.15) is 5.58 Å². The quantitative estimate of drug-likeness (QED) is 0.598. The fourth-order valence-corrected chi connectivity index (χ4v) is 2.15. The zero-order chi connectivity index (χ0) is 15.1. The summed E-state index contributed by atoms with van der Waals surface area (Å²) in [6.07, 6.45) is 0. The van der Waals surface area contributed by atoms with E-state index in [0.29, 0.717) is 11.1 Å². The van der Waals surface area contributed by atoms with E-state index in [1.807, 2.05) is 6.92 Å². The predicted molar refractivity (Wildman–Crippen MR) is 77.7 cm³/mol.